The van der Waals surface area contributed by atoms with Crippen LogP contribution in [0.5, 0.6) is 0 Å². The molecule has 0 atom stereocenters. The van der Waals surface area contributed by atoms with E-state index in [-0.39, 0.29) is 10.6 Å². The number of nitro benzene ring substituents is 1. The molecule has 0 amide bonds. The number of hydrogen-bond acceptors (Lipinski definition) is 3. The molecule has 0 fully saturated rings. The number of nitro groups is 1. The van der Waals surface area contributed by atoms with Crippen molar-refractivity contribution in [2.45, 2.75) is 13.3 Å². The van der Waals surface area contributed by atoms with Crippen molar-refractivity contribution in [2.24, 2.45) is 0 Å². The lowest BCUT2D eigenvalue weighted by atomic mass is 10.1. The molecule has 0 heterocycles. The second kappa shape index (κ2) is 4.52. The molecule has 0 N–H and O–H groups in total. The van der Waals surface area contributed by atoms with Crippen LogP contribution in [0.2, 0.25) is 5.02 Å². The van der Waals surface area contributed by atoms with Crippen LogP contribution in [0.15, 0.2) is 12.1 Å². The molecular weight excluding hydrogens is 244 g/mol. The molecule has 1 aromatic rings. The van der Waals surface area contributed by atoms with Crippen LogP contribution < -0.4 is 0 Å². The van der Waals surface area contributed by atoms with Crippen LogP contribution in [0, 0.1) is 10.1 Å². The van der Waals surface area contributed by atoms with E-state index in [4.69, 9.17) is 11.6 Å². The number of alkyl halides is 2. The average Bonchev–Trinajstić information content (AvgIpc) is 2.15. The van der Waals surface area contributed by atoms with E-state index in [1.807, 2.05) is 0 Å². The van der Waals surface area contributed by atoms with Crippen molar-refractivity contribution in [3.8, 4) is 0 Å². The second-order valence-electron chi connectivity index (χ2n) is 3.00. The van der Waals surface area contributed by atoms with E-state index in [1.165, 1.54) is 0 Å². The summed E-state index contributed by atoms with van der Waals surface area (Å²) in [6.07, 6.45) is -2.92. The van der Waals surface area contributed by atoms with Gasteiger partial charge in [0.05, 0.1) is 15.5 Å². The Balaban J connectivity index is 3.49. The van der Waals surface area contributed by atoms with Crippen LogP contribution in [0.25, 0.3) is 0 Å². The zero-order valence-electron chi connectivity index (χ0n) is 8.04. The van der Waals surface area contributed by atoms with Gasteiger partial charge in [0.2, 0.25) is 0 Å². The van der Waals surface area contributed by atoms with Gasteiger partial charge in [-0.3, -0.25) is 14.9 Å². The lowest BCUT2D eigenvalue weighted by Gasteiger charge is -2.05. The fourth-order valence-corrected chi connectivity index (χ4v) is 1.42. The molecule has 0 aliphatic rings. The Hall–Kier alpha value is -1.56. The van der Waals surface area contributed by atoms with Crippen LogP contribution in [-0.4, -0.2) is 10.7 Å². The minimum absolute atomic E-state index is 0.278. The predicted molar refractivity (Wildman–Crippen MR) is 53.1 cm³/mol. The predicted octanol–water partition coefficient (Wildman–Crippen LogP) is 3.39. The van der Waals surface area contributed by atoms with Crippen molar-refractivity contribution in [1.82, 2.24) is 0 Å². The summed E-state index contributed by atoms with van der Waals surface area (Å²) in [6, 6.07) is 1.52. The van der Waals surface area contributed by atoms with Gasteiger partial charge in [0.15, 0.2) is 5.78 Å². The topological polar surface area (TPSA) is 60.2 Å². The van der Waals surface area contributed by atoms with Crippen molar-refractivity contribution in [3.63, 3.8) is 0 Å². The van der Waals surface area contributed by atoms with Gasteiger partial charge in [-0.25, -0.2) is 8.78 Å². The van der Waals surface area contributed by atoms with Gasteiger partial charge >= 0.3 is 0 Å². The molecule has 1 rings (SSSR count). The van der Waals surface area contributed by atoms with Crippen molar-refractivity contribution in [1.29, 1.82) is 0 Å². The van der Waals surface area contributed by atoms with Gasteiger partial charge < -0.3 is 0 Å². The summed E-state index contributed by atoms with van der Waals surface area (Å²) in [6.45, 7) is 1.10. The summed E-state index contributed by atoms with van der Waals surface area (Å²) < 4.78 is 24.8. The van der Waals surface area contributed by atoms with Gasteiger partial charge in [0, 0.05) is 11.6 Å². The van der Waals surface area contributed by atoms with Gasteiger partial charge in [-0.1, -0.05) is 11.6 Å². The molecule has 0 aliphatic heterocycles. The highest BCUT2D eigenvalue weighted by molar-refractivity contribution is 6.32. The number of carbonyl (C=O) groups is 1. The number of rotatable bonds is 3. The van der Waals surface area contributed by atoms with E-state index in [0.717, 1.165) is 13.0 Å². The fourth-order valence-electron chi connectivity index (χ4n) is 1.18. The maximum Gasteiger partial charge on any atom is 0.280 e. The molecule has 4 nitrogen and oxygen atoms in total. The molecule has 0 radical (unpaired) electrons. The zero-order valence-corrected chi connectivity index (χ0v) is 8.79. The normalized spacial score (nSPS) is 10.6. The van der Waals surface area contributed by atoms with E-state index in [9.17, 15) is 23.7 Å². The molecule has 0 saturated heterocycles. The van der Waals surface area contributed by atoms with Crippen molar-refractivity contribution < 1.29 is 18.5 Å². The summed E-state index contributed by atoms with van der Waals surface area (Å²) in [5, 5.41) is 10.2. The molecule has 0 aliphatic carbocycles. The lowest BCUT2D eigenvalue weighted by Crippen LogP contribution is -2.02. The summed E-state index contributed by atoms with van der Waals surface area (Å²) in [5.74, 6) is -0.602. The summed E-state index contributed by atoms with van der Waals surface area (Å²) in [7, 11) is 0. The quantitative estimate of drug-likeness (QED) is 0.469. The van der Waals surface area contributed by atoms with E-state index in [2.05, 4.69) is 0 Å². The average molecular weight is 250 g/mol. The number of benzene rings is 1. The largest absolute Gasteiger partial charge is 0.294 e. The number of hydrogen-bond donors (Lipinski definition) is 0. The lowest BCUT2D eigenvalue weighted by molar-refractivity contribution is -0.385. The molecule has 0 aromatic heterocycles. The first-order valence-corrected chi connectivity index (χ1v) is 4.49. The monoisotopic (exact) mass is 249 g/mol. The molecule has 7 heteroatoms. The Morgan fingerprint density at radius 1 is 1.50 bits per heavy atom. The molecule has 0 spiro atoms. The van der Waals surface area contributed by atoms with Crippen LogP contribution in [-0.2, 0) is 0 Å². The summed E-state index contributed by atoms with van der Waals surface area (Å²) in [4.78, 5) is 20.7. The van der Waals surface area contributed by atoms with E-state index in [1.54, 1.807) is 0 Å². The first kappa shape index (κ1) is 12.5. The number of nitrogens with zero attached hydrogens (tertiary/aromatic N) is 1. The number of carbonyl (C=O) groups excluding carboxylic acids is 1. The number of Topliss-reactive ketones (excluding diaryl/α,β-unsaturated/α-hetero) is 1. The van der Waals surface area contributed by atoms with Crippen LogP contribution in [0.1, 0.15) is 29.3 Å². The van der Waals surface area contributed by atoms with Gasteiger partial charge in [0.25, 0.3) is 12.1 Å². The third-order valence-corrected chi connectivity index (χ3v) is 2.25. The summed E-state index contributed by atoms with van der Waals surface area (Å²) in [5.41, 5.74) is -1.59. The van der Waals surface area contributed by atoms with Gasteiger partial charge in [-0.2, -0.15) is 0 Å². The Morgan fingerprint density at radius 3 is 2.44 bits per heavy atom. The zero-order chi connectivity index (χ0) is 12.5. The van der Waals surface area contributed by atoms with Gasteiger partial charge in [0.1, 0.15) is 0 Å². The second-order valence-corrected chi connectivity index (χ2v) is 3.41. The Labute approximate surface area is 94.0 Å². The van der Waals surface area contributed by atoms with Crippen molar-refractivity contribution >= 4 is 23.1 Å². The smallest absolute Gasteiger partial charge is 0.280 e. The van der Waals surface area contributed by atoms with Crippen LogP contribution >= 0.6 is 11.6 Å². The molecule has 1 aromatic carbocycles. The van der Waals surface area contributed by atoms with E-state index in [0.29, 0.717) is 6.07 Å². The highest BCUT2D eigenvalue weighted by Gasteiger charge is 2.23. The SMILES string of the molecule is CC(=O)c1cc(Cl)c(C(F)F)cc1[N+](=O)[O-]. The first-order chi connectivity index (χ1) is 7.34. The molecule has 16 heavy (non-hydrogen) atoms. The molecule has 86 valence electrons. The summed E-state index contributed by atoms with van der Waals surface area (Å²) >= 11 is 5.49. The van der Waals surface area contributed by atoms with Gasteiger partial charge in [-0.05, 0) is 13.0 Å². The fraction of sp³-hybridized carbons (Fsp3) is 0.222. The van der Waals surface area contributed by atoms with Crippen molar-refractivity contribution in [3.05, 3.63) is 38.4 Å². The van der Waals surface area contributed by atoms with Crippen molar-refractivity contribution in [2.75, 3.05) is 0 Å². The minimum atomic E-state index is -2.92. The molecule has 0 bridgehead atoms. The van der Waals surface area contributed by atoms with E-state index >= 15 is 0 Å². The van der Waals surface area contributed by atoms with Crippen LogP contribution in [0.4, 0.5) is 14.5 Å². The Bertz CT molecular complexity index is 462. The molecule has 0 unspecified atom stereocenters. The highest BCUT2D eigenvalue weighted by atomic mass is 35.5. The first-order valence-electron chi connectivity index (χ1n) is 4.11. The minimum Gasteiger partial charge on any atom is -0.294 e. The maximum absolute atomic E-state index is 12.4. The highest BCUT2D eigenvalue weighted by Crippen LogP contribution is 2.33. The standard InChI is InChI=1S/C9H6ClF2NO3/c1-4(14)5-2-7(10)6(9(11)12)3-8(5)13(15)16/h2-3,9H,1H3. The molecule has 0 saturated carbocycles. The Kier molecular flexibility index (Phi) is 3.54. The molecular formula is C9H6ClF2NO3. The van der Waals surface area contributed by atoms with E-state index < -0.39 is 28.4 Å². The maximum atomic E-state index is 12.4. The van der Waals surface area contributed by atoms with Crippen LogP contribution in [0.3, 0.4) is 0 Å². The third-order valence-electron chi connectivity index (χ3n) is 1.93. The number of halogens is 3. The third kappa shape index (κ3) is 2.33. The van der Waals surface area contributed by atoms with Gasteiger partial charge in [-0.15, -0.1) is 0 Å². The number of ketones is 1. The Morgan fingerprint density at radius 2 is 2.06 bits per heavy atom.